The Hall–Kier alpha value is -0.430. The molecular formula is C13H19NO2S3. The van der Waals surface area contributed by atoms with Gasteiger partial charge in [-0.1, -0.05) is 6.92 Å². The molecule has 3 nitrogen and oxygen atoms in total. The van der Waals surface area contributed by atoms with Gasteiger partial charge in [-0.2, -0.15) is 0 Å². The van der Waals surface area contributed by atoms with Gasteiger partial charge in [-0.25, -0.2) is 8.42 Å². The molecule has 1 unspecified atom stereocenters. The van der Waals surface area contributed by atoms with E-state index in [2.05, 4.69) is 29.8 Å². The molecule has 0 spiro atoms. The predicted molar refractivity (Wildman–Crippen MR) is 85.1 cm³/mol. The molecule has 0 bridgehead atoms. The van der Waals surface area contributed by atoms with Gasteiger partial charge in [0, 0.05) is 26.6 Å². The lowest BCUT2D eigenvalue weighted by Crippen LogP contribution is -2.23. The average molecular weight is 318 g/mol. The highest BCUT2D eigenvalue weighted by atomic mass is 32.2. The number of fused-ring (bicyclic) bond motifs is 1. The molecule has 0 saturated carbocycles. The molecule has 2 aromatic heterocycles. The SMILES string of the molecule is CCCNC(CCS(C)(=O)=O)c1cc2sccc2s1. The minimum atomic E-state index is -2.90. The Morgan fingerprint density at radius 3 is 2.79 bits per heavy atom. The minimum absolute atomic E-state index is 0.152. The fourth-order valence-electron chi connectivity index (χ4n) is 1.95. The number of thiophene rings is 2. The summed E-state index contributed by atoms with van der Waals surface area (Å²) in [6.07, 6.45) is 3.00. The van der Waals surface area contributed by atoms with Crippen LogP contribution in [0.25, 0.3) is 9.40 Å². The van der Waals surface area contributed by atoms with Crippen molar-refractivity contribution in [3.63, 3.8) is 0 Å². The van der Waals surface area contributed by atoms with Crippen LogP contribution >= 0.6 is 22.7 Å². The molecule has 2 rings (SSSR count). The van der Waals surface area contributed by atoms with Crippen LogP contribution in [0.3, 0.4) is 0 Å². The van der Waals surface area contributed by atoms with Crippen molar-refractivity contribution < 1.29 is 8.42 Å². The summed E-state index contributed by atoms with van der Waals surface area (Å²) in [4.78, 5) is 1.25. The largest absolute Gasteiger partial charge is 0.309 e. The second kappa shape index (κ2) is 6.35. The van der Waals surface area contributed by atoms with Crippen molar-refractivity contribution in [2.75, 3.05) is 18.6 Å². The minimum Gasteiger partial charge on any atom is -0.309 e. The number of hydrogen-bond acceptors (Lipinski definition) is 5. The van der Waals surface area contributed by atoms with Crippen molar-refractivity contribution in [1.29, 1.82) is 0 Å². The van der Waals surface area contributed by atoms with Gasteiger partial charge in [0.15, 0.2) is 0 Å². The topological polar surface area (TPSA) is 46.2 Å². The lowest BCUT2D eigenvalue weighted by atomic mass is 10.2. The van der Waals surface area contributed by atoms with E-state index in [0.717, 1.165) is 13.0 Å². The Morgan fingerprint density at radius 1 is 1.37 bits per heavy atom. The molecule has 0 aliphatic rings. The van der Waals surface area contributed by atoms with Crippen LogP contribution < -0.4 is 5.32 Å². The molecule has 19 heavy (non-hydrogen) atoms. The van der Waals surface area contributed by atoms with Crippen molar-refractivity contribution in [2.45, 2.75) is 25.8 Å². The van der Waals surface area contributed by atoms with Gasteiger partial charge < -0.3 is 5.32 Å². The summed E-state index contributed by atoms with van der Waals surface area (Å²) in [6, 6.07) is 4.47. The standard InChI is InChI=1S/C13H19NO2S3/c1-3-6-14-10(5-8-19(2,15)16)12-9-13-11(18-12)4-7-17-13/h4,7,9-10,14H,3,5-6,8H2,1-2H3. The van der Waals surface area contributed by atoms with Crippen LogP contribution in [0.5, 0.6) is 0 Å². The van der Waals surface area contributed by atoms with Gasteiger partial charge in [0.1, 0.15) is 9.84 Å². The Balaban J connectivity index is 2.14. The van der Waals surface area contributed by atoms with Gasteiger partial charge in [0.05, 0.1) is 5.75 Å². The van der Waals surface area contributed by atoms with Gasteiger partial charge in [0.25, 0.3) is 0 Å². The summed E-state index contributed by atoms with van der Waals surface area (Å²) in [6.45, 7) is 3.04. The van der Waals surface area contributed by atoms with Crippen LogP contribution in [-0.2, 0) is 9.84 Å². The zero-order chi connectivity index (χ0) is 13.9. The van der Waals surface area contributed by atoms with Gasteiger partial charge in [-0.15, -0.1) is 22.7 Å². The molecule has 6 heteroatoms. The summed E-state index contributed by atoms with van der Waals surface area (Å²) in [5, 5.41) is 5.55. The monoisotopic (exact) mass is 317 g/mol. The van der Waals surface area contributed by atoms with E-state index < -0.39 is 9.84 Å². The first-order valence-electron chi connectivity index (χ1n) is 6.37. The summed E-state index contributed by atoms with van der Waals surface area (Å²) in [7, 11) is -2.90. The van der Waals surface area contributed by atoms with Crippen LogP contribution in [0, 0.1) is 0 Å². The molecule has 0 fully saturated rings. The first kappa shape index (κ1) is 15.0. The number of hydrogen-bond donors (Lipinski definition) is 1. The quantitative estimate of drug-likeness (QED) is 0.851. The second-order valence-corrected chi connectivity index (χ2v) is 9.05. The maximum Gasteiger partial charge on any atom is 0.147 e. The summed E-state index contributed by atoms with van der Waals surface area (Å²) in [5.74, 6) is 0.236. The molecule has 0 aromatic carbocycles. The van der Waals surface area contributed by atoms with E-state index >= 15 is 0 Å². The van der Waals surface area contributed by atoms with Crippen molar-refractivity contribution in [3.05, 3.63) is 22.4 Å². The molecule has 0 aliphatic carbocycles. The molecule has 0 radical (unpaired) electrons. The van der Waals surface area contributed by atoms with E-state index in [9.17, 15) is 8.42 Å². The van der Waals surface area contributed by atoms with Gasteiger partial charge in [-0.3, -0.25) is 0 Å². The second-order valence-electron chi connectivity index (χ2n) is 4.72. The van der Waals surface area contributed by atoms with Crippen LogP contribution in [0.15, 0.2) is 17.5 Å². The first-order valence-corrected chi connectivity index (χ1v) is 10.1. The third kappa shape index (κ3) is 4.27. The lowest BCUT2D eigenvalue weighted by molar-refractivity contribution is 0.520. The van der Waals surface area contributed by atoms with E-state index in [0.29, 0.717) is 6.42 Å². The highest BCUT2D eigenvalue weighted by Crippen LogP contribution is 2.34. The van der Waals surface area contributed by atoms with E-state index in [1.807, 2.05) is 0 Å². The molecule has 1 N–H and O–H groups in total. The van der Waals surface area contributed by atoms with Crippen LogP contribution in [0.2, 0.25) is 0 Å². The molecule has 2 aromatic rings. The summed E-state index contributed by atoms with van der Waals surface area (Å²) >= 11 is 3.50. The van der Waals surface area contributed by atoms with Gasteiger partial charge >= 0.3 is 0 Å². The van der Waals surface area contributed by atoms with E-state index in [1.54, 1.807) is 22.7 Å². The van der Waals surface area contributed by atoms with Crippen molar-refractivity contribution in [3.8, 4) is 0 Å². The lowest BCUT2D eigenvalue weighted by Gasteiger charge is -2.16. The molecule has 0 aliphatic heterocycles. The Bertz CT molecular complexity index is 599. The number of rotatable bonds is 7. The highest BCUT2D eigenvalue weighted by molar-refractivity contribution is 7.90. The molecule has 0 saturated heterocycles. The smallest absolute Gasteiger partial charge is 0.147 e. The van der Waals surface area contributed by atoms with Gasteiger partial charge in [-0.05, 0) is 36.9 Å². The Kier molecular flexibility index (Phi) is 5.00. The highest BCUT2D eigenvalue weighted by Gasteiger charge is 2.16. The zero-order valence-electron chi connectivity index (χ0n) is 11.2. The molecule has 2 heterocycles. The predicted octanol–water partition coefficient (Wildman–Crippen LogP) is 3.44. The first-order chi connectivity index (χ1) is 8.99. The fourth-order valence-corrected chi connectivity index (χ4v) is 4.85. The number of nitrogens with one attached hydrogen (secondary N) is 1. The zero-order valence-corrected chi connectivity index (χ0v) is 13.6. The molecule has 0 amide bonds. The summed E-state index contributed by atoms with van der Waals surface area (Å²) < 4.78 is 25.3. The van der Waals surface area contributed by atoms with Crippen molar-refractivity contribution in [2.24, 2.45) is 0 Å². The van der Waals surface area contributed by atoms with Gasteiger partial charge in [0.2, 0.25) is 0 Å². The average Bonchev–Trinajstić information content (AvgIpc) is 2.88. The third-order valence-corrected chi connectivity index (χ3v) is 6.10. The van der Waals surface area contributed by atoms with E-state index in [1.165, 1.54) is 20.5 Å². The molecule has 1 atom stereocenters. The van der Waals surface area contributed by atoms with Crippen LogP contribution in [0.1, 0.15) is 30.7 Å². The Morgan fingerprint density at radius 2 is 2.16 bits per heavy atom. The van der Waals surface area contributed by atoms with Crippen LogP contribution in [-0.4, -0.2) is 27.0 Å². The maximum absolute atomic E-state index is 11.3. The normalized spacial score (nSPS) is 14.0. The summed E-state index contributed by atoms with van der Waals surface area (Å²) in [5.41, 5.74) is 0. The molecular weight excluding hydrogens is 298 g/mol. The fraction of sp³-hybridized carbons (Fsp3) is 0.538. The third-order valence-electron chi connectivity index (χ3n) is 2.92. The van der Waals surface area contributed by atoms with E-state index in [-0.39, 0.29) is 11.8 Å². The maximum atomic E-state index is 11.3. The van der Waals surface area contributed by atoms with Crippen molar-refractivity contribution >= 4 is 41.9 Å². The Labute approximate surface area is 122 Å². The molecule has 106 valence electrons. The van der Waals surface area contributed by atoms with Crippen molar-refractivity contribution in [1.82, 2.24) is 5.32 Å². The van der Waals surface area contributed by atoms with Crippen LogP contribution in [0.4, 0.5) is 0 Å². The van der Waals surface area contributed by atoms with E-state index in [4.69, 9.17) is 0 Å². The number of sulfone groups is 1.